The molecule has 0 N–H and O–H groups in total. The number of piperazine rings is 1. The van der Waals surface area contributed by atoms with Gasteiger partial charge in [0.25, 0.3) is 5.91 Å². The second-order valence-electron chi connectivity index (χ2n) is 9.44. The number of carbonyl (C=O) groups is 1. The number of hydrogen-bond donors (Lipinski definition) is 0. The van der Waals surface area contributed by atoms with Gasteiger partial charge in [0.1, 0.15) is 0 Å². The van der Waals surface area contributed by atoms with Gasteiger partial charge >= 0.3 is 0 Å². The Hall–Kier alpha value is -2.61. The molecule has 1 aromatic heterocycles. The van der Waals surface area contributed by atoms with Crippen LogP contribution in [-0.2, 0) is 0 Å². The zero-order valence-electron chi connectivity index (χ0n) is 20.1. The van der Waals surface area contributed by atoms with Crippen molar-refractivity contribution >= 4 is 51.4 Å². The van der Waals surface area contributed by atoms with E-state index in [1.165, 1.54) is 0 Å². The maximum absolute atomic E-state index is 13.4. The fourth-order valence-corrected chi connectivity index (χ4v) is 5.35. The Labute approximate surface area is 216 Å². The van der Waals surface area contributed by atoms with E-state index in [1.54, 1.807) is 0 Å². The maximum atomic E-state index is 13.4. The van der Waals surface area contributed by atoms with Gasteiger partial charge in [-0.2, -0.15) is 0 Å². The Kier molecular flexibility index (Phi) is 7.00. The number of amides is 1. The fourth-order valence-electron chi connectivity index (χ4n) is 5.05. The number of likely N-dealkylation sites (tertiary alicyclic amines) is 1. The molecular weight excluding hydrogens is 483 g/mol. The highest BCUT2D eigenvalue weighted by Crippen LogP contribution is 2.31. The van der Waals surface area contributed by atoms with Gasteiger partial charge in [0.2, 0.25) is 0 Å². The number of piperidine rings is 1. The largest absolute Gasteiger partial charge is 0.368 e. The van der Waals surface area contributed by atoms with Gasteiger partial charge in [-0.1, -0.05) is 47.5 Å². The molecule has 0 unspecified atom stereocenters. The predicted molar refractivity (Wildman–Crippen MR) is 143 cm³/mol. The van der Waals surface area contributed by atoms with Crippen molar-refractivity contribution in [3.63, 3.8) is 0 Å². The van der Waals surface area contributed by atoms with Crippen molar-refractivity contribution in [1.82, 2.24) is 20.0 Å². The molecule has 2 aliphatic heterocycles. The summed E-state index contributed by atoms with van der Waals surface area (Å²) in [6.45, 7) is 5.24. The number of carbonyl (C=O) groups excluding carboxylic acids is 1. The first-order chi connectivity index (χ1) is 16.9. The predicted octanol–water partition coefficient (Wildman–Crippen LogP) is 4.43. The summed E-state index contributed by atoms with van der Waals surface area (Å²) >= 11 is 12.3. The number of aromatic nitrogens is 2. The third kappa shape index (κ3) is 4.90. The quantitative estimate of drug-likeness (QED) is 0.515. The lowest BCUT2D eigenvalue weighted by Gasteiger charge is -2.37. The minimum Gasteiger partial charge on any atom is -0.368 e. The zero-order chi connectivity index (χ0) is 24.5. The molecule has 3 heterocycles. The van der Waals surface area contributed by atoms with Crippen molar-refractivity contribution in [2.24, 2.45) is 0 Å². The minimum absolute atomic E-state index is 0.0563. The van der Waals surface area contributed by atoms with E-state index < -0.39 is 0 Å². The van der Waals surface area contributed by atoms with Gasteiger partial charge in [0, 0.05) is 55.7 Å². The molecule has 0 radical (unpaired) electrons. The van der Waals surface area contributed by atoms with Gasteiger partial charge in [0.05, 0.1) is 10.0 Å². The highest BCUT2D eigenvalue weighted by Gasteiger charge is 2.28. The Morgan fingerprint density at radius 1 is 0.886 bits per heavy atom. The number of nitrogens with zero attached hydrogens (tertiary/aromatic N) is 6. The Bertz CT molecular complexity index is 1220. The highest BCUT2D eigenvalue weighted by molar-refractivity contribution is 6.42. The molecule has 0 spiro atoms. The van der Waals surface area contributed by atoms with Crippen molar-refractivity contribution in [2.45, 2.75) is 18.9 Å². The Morgan fingerprint density at radius 2 is 1.54 bits per heavy atom. The van der Waals surface area contributed by atoms with E-state index in [2.05, 4.69) is 31.9 Å². The molecule has 184 valence electrons. The van der Waals surface area contributed by atoms with Crippen LogP contribution < -0.4 is 9.80 Å². The lowest BCUT2D eigenvalue weighted by atomic mass is 10.0. The number of fused-ring (bicyclic) bond motifs is 1. The molecule has 0 aliphatic carbocycles. The summed E-state index contributed by atoms with van der Waals surface area (Å²) in [5.74, 6) is 0.770. The molecule has 9 heteroatoms. The SMILES string of the molecule is CN1CCC(N(C)C(=O)c2nnc(N3CCN(c4ccc(Cl)c(Cl)c4)CC3)c3ccccc23)CC1. The van der Waals surface area contributed by atoms with Crippen LogP contribution in [0.4, 0.5) is 11.5 Å². The van der Waals surface area contributed by atoms with Gasteiger partial charge in [-0.3, -0.25) is 4.79 Å². The molecule has 2 saturated heterocycles. The summed E-state index contributed by atoms with van der Waals surface area (Å²) < 4.78 is 0. The zero-order valence-corrected chi connectivity index (χ0v) is 21.6. The average molecular weight is 513 g/mol. The minimum atomic E-state index is -0.0563. The molecule has 1 amide bonds. The van der Waals surface area contributed by atoms with E-state index in [-0.39, 0.29) is 11.9 Å². The number of rotatable bonds is 4. The molecule has 7 nitrogen and oxygen atoms in total. The first kappa shape index (κ1) is 24.1. The second kappa shape index (κ2) is 10.2. The third-order valence-corrected chi connectivity index (χ3v) is 8.01. The lowest BCUT2D eigenvalue weighted by Crippen LogP contribution is -2.47. The van der Waals surface area contributed by atoms with E-state index in [0.29, 0.717) is 15.7 Å². The number of benzene rings is 2. The second-order valence-corrected chi connectivity index (χ2v) is 10.3. The number of halogens is 2. The summed E-state index contributed by atoms with van der Waals surface area (Å²) in [4.78, 5) is 22.2. The molecule has 0 atom stereocenters. The smallest absolute Gasteiger partial charge is 0.275 e. The van der Waals surface area contributed by atoms with Gasteiger partial charge in [-0.05, 0) is 51.2 Å². The molecule has 2 aliphatic rings. The molecular formula is C26H30Cl2N6O. The normalized spacial score (nSPS) is 17.7. The van der Waals surface area contributed by atoms with Crippen LogP contribution >= 0.6 is 23.2 Å². The standard InChI is InChI=1S/C26H30Cl2N6O/c1-31-11-9-18(10-12-31)32(2)26(35)24-20-5-3-4-6-21(20)25(30-29-24)34-15-13-33(14-16-34)19-7-8-22(27)23(28)17-19/h3-8,17-18H,9-16H2,1-2H3. The Balaban J connectivity index is 1.35. The third-order valence-electron chi connectivity index (χ3n) is 7.27. The first-order valence-electron chi connectivity index (χ1n) is 12.1. The lowest BCUT2D eigenvalue weighted by molar-refractivity contribution is 0.0655. The molecule has 0 saturated carbocycles. The van der Waals surface area contributed by atoms with Crippen LogP contribution in [0.5, 0.6) is 0 Å². The number of anilines is 2. The van der Waals surface area contributed by atoms with Crippen LogP contribution in [0.15, 0.2) is 42.5 Å². The topological polar surface area (TPSA) is 55.8 Å². The van der Waals surface area contributed by atoms with Gasteiger partial charge in [0.15, 0.2) is 11.5 Å². The van der Waals surface area contributed by atoms with Gasteiger partial charge in [-0.25, -0.2) is 0 Å². The van der Waals surface area contributed by atoms with Crippen molar-refractivity contribution < 1.29 is 4.79 Å². The van der Waals surface area contributed by atoms with Crippen molar-refractivity contribution in [3.8, 4) is 0 Å². The van der Waals surface area contributed by atoms with E-state index >= 15 is 0 Å². The fraction of sp³-hybridized carbons (Fsp3) is 0.423. The summed E-state index contributed by atoms with van der Waals surface area (Å²) in [6, 6.07) is 14.0. The van der Waals surface area contributed by atoms with E-state index in [9.17, 15) is 4.79 Å². The van der Waals surface area contributed by atoms with Crippen LogP contribution in [0.2, 0.25) is 10.0 Å². The Morgan fingerprint density at radius 3 is 2.23 bits per heavy atom. The summed E-state index contributed by atoms with van der Waals surface area (Å²) in [6.07, 6.45) is 1.95. The summed E-state index contributed by atoms with van der Waals surface area (Å²) in [7, 11) is 4.02. The first-order valence-corrected chi connectivity index (χ1v) is 12.8. The van der Waals surface area contributed by atoms with Crippen LogP contribution in [0, 0.1) is 0 Å². The molecule has 2 aromatic carbocycles. The van der Waals surface area contributed by atoms with Crippen LogP contribution in [0.25, 0.3) is 10.8 Å². The van der Waals surface area contributed by atoms with Crippen molar-refractivity contribution in [2.75, 3.05) is 63.2 Å². The summed E-state index contributed by atoms with van der Waals surface area (Å²) in [5, 5.41) is 12.0. The van der Waals surface area contributed by atoms with E-state index in [0.717, 1.165) is 74.4 Å². The van der Waals surface area contributed by atoms with E-state index in [4.69, 9.17) is 23.2 Å². The molecule has 0 bridgehead atoms. The number of hydrogen-bond acceptors (Lipinski definition) is 6. The van der Waals surface area contributed by atoms with Crippen LogP contribution in [-0.4, -0.2) is 85.3 Å². The van der Waals surface area contributed by atoms with Gasteiger partial charge < -0.3 is 19.6 Å². The van der Waals surface area contributed by atoms with Crippen molar-refractivity contribution in [1.29, 1.82) is 0 Å². The van der Waals surface area contributed by atoms with E-state index in [1.807, 2.05) is 54.4 Å². The molecule has 2 fully saturated rings. The van der Waals surface area contributed by atoms with Crippen LogP contribution in [0.1, 0.15) is 23.3 Å². The maximum Gasteiger partial charge on any atom is 0.275 e. The van der Waals surface area contributed by atoms with Gasteiger partial charge in [-0.15, -0.1) is 10.2 Å². The highest BCUT2D eigenvalue weighted by atomic mass is 35.5. The molecule has 35 heavy (non-hydrogen) atoms. The average Bonchev–Trinajstić information content (AvgIpc) is 2.89. The summed E-state index contributed by atoms with van der Waals surface area (Å²) in [5.41, 5.74) is 1.49. The van der Waals surface area contributed by atoms with Crippen LogP contribution in [0.3, 0.4) is 0 Å². The molecule has 5 rings (SSSR count). The van der Waals surface area contributed by atoms with Crippen molar-refractivity contribution in [3.05, 3.63) is 58.2 Å². The monoisotopic (exact) mass is 512 g/mol. The molecule has 3 aromatic rings.